The number of rotatable bonds is 7. The van der Waals surface area contributed by atoms with Crippen LogP contribution in [-0.2, 0) is 14.8 Å². The largest absolute Gasteiger partial charge is 0.374 e. The maximum absolute atomic E-state index is 12.1. The van der Waals surface area contributed by atoms with Crippen LogP contribution < -0.4 is 10.0 Å². The minimum atomic E-state index is -3.43. The van der Waals surface area contributed by atoms with Gasteiger partial charge in [-0.25, -0.2) is 13.1 Å². The molecule has 2 N–H and O–H groups in total. The van der Waals surface area contributed by atoms with Crippen LogP contribution in [0.3, 0.4) is 0 Å². The lowest BCUT2D eigenvalue weighted by molar-refractivity contribution is -0.131. The van der Waals surface area contributed by atoms with Gasteiger partial charge in [0, 0.05) is 18.8 Å². The van der Waals surface area contributed by atoms with Crippen molar-refractivity contribution in [2.75, 3.05) is 25.5 Å². The molecule has 1 unspecified atom stereocenters. The van der Waals surface area contributed by atoms with Crippen LogP contribution in [-0.4, -0.2) is 45.4 Å². The third-order valence-corrected chi connectivity index (χ3v) is 4.69. The molecule has 0 saturated carbocycles. The van der Waals surface area contributed by atoms with Crippen molar-refractivity contribution in [1.82, 2.24) is 9.62 Å². The maximum Gasteiger partial charge on any atom is 0.244 e. The lowest BCUT2D eigenvalue weighted by Gasteiger charge is -2.24. The summed E-state index contributed by atoms with van der Waals surface area (Å²) in [5.41, 5.74) is 0.707. The topological polar surface area (TPSA) is 78.5 Å². The summed E-state index contributed by atoms with van der Waals surface area (Å²) in [5, 5.41) is 3.08. The second kappa shape index (κ2) is 7.42. The lowest BCUT2D eigenvalue weighted by atomic mass is 10.2. The highest BCUT2D eigenvalue weighted by Gasteiger charge is 2.18. The average Bonchev–Trinajstić information content (AvgIpc) is 2.48. The fourth-order valence-corrected chi connectivity index (χ4v) is 2.70. The molecule has 7 heteroatoms. The normalized spacial score (nSPS) is 12.8. The molecule has 6 nitrogen and oxygen atoms in total. The quantitative estimate of drug-likeness (QED) is 0.794. The second-order valence-corrected chi connectivity index (χ2v) is 6.50. The summed E-state index contributed by atoms with van der Waals surface area (Å²) in [6, 6.07) is 5.94. The zero-order valence-corrected chi connectivity index (χ0v) is 13.7. The number of sulfonamides is 1. The highest BCUT2D eigenvalue weighted by atomic mass is 32.2. The van der Waals surface area contributed by atoms with Crippen molar-refractivity contribution in [3.63, 3.8) is 0 Å². The van der Waals surface area contributed by atoms with Gasteiger partial charge < -0.3 is 10.2 Å². The van der Waals surface area contributed by atoms with Crippen LogP contribution in [0.4, 0.5) is 5.69 Å². The minimum absolute atomic E-state index is 0.0203. The molecule has 21 heavy (non-hydrogen) atoms. The van der Waals surface area contributed by atoms with E-state index in [2.05, 4.69) is 10.0 Å². The number of carbonyl (C=O) groups excluding carboxylic acids is 1. The van der Waals surface area contributed by atoms with E-state index in [1.54, 1.807) is 24.0 Å². The molecule has 1 atom stereocenters. The molecule has 0 bridgehead atoms. The Morgan fingerprint density at radius 1 is 1.19 bits per heavy atom. The SMILES string of the molecule is CCN(CC)C(=O)C(C)Nc1ccc(S(=O)(=O)NC)cc1. The Morgan fingerprint density at radius 3 is 2.14 bits per heavy atom. The van der Waals surface area contributed by atoms with E-state index in [1.165, 1.54) is 19.2 Å². The molecular formula is C14H23N3O3S. The number of carbonyl (C=O) groups is 1. The first-order chi connectivity index (χ1) is 9.85. The third kappa shape index (κ3) is 4.44. The molecule has 1 amide bonds. The molecule has 0 aliphatic carbocycles. The van der Waals surface area contributed by atoms with Crippen LogP contribution in [0.5, 0.6) is 0 Å². The van der Waals surface area contributed by atoms with Crippen molar-refractivity contribution in [2.45, 2.75) is 31.7 Å². The van der Waals surface area contributed by atoms with Crippen molar-refractivity contribution in [3.8, 4) is 0 Å². The molecule has 1 rings (SSSR count). The molecule has 0 heterocycles. The van der Waals surface area contributed by atoms with E-state index < -0.39 is 10.0 Å². The van der Waals surface area contributed by atoms with Crippen LogP contribution in [0.25, 0.3) is 0 Å². The first-order valence-electron chi connectivity index (χ1n) is 6.94. The molecule has 0 aromatic heterocycles. The van der Waals surface area contributed by atoms with E-state index >= 15 is 0 Å². The monoisotopic (exact) mass is 313 g/mol. The zero-order valence-electron chi connectivity index (χ0n) is 12.9. The predicted octanol–water partition coefficient (Wildman–Crippen LogP) is 1.26. The molecule has 118 valence electrons. The Labute approximate surface area is 126 Å². The van der Waals surface area contributed by atoms with Gasteiger partial charge in [-0.1, -0.05) is 0 Å². The van der Waals surface area contributed by atoms with Gasteiger partial charge in [0.25, 0.3) is 0 Å². The summed E-state index contributed by atoms with van der Waals surface area (Å²) in [7, 11) is -2.07. The summed E-state index contributed by atoms with van der Waals surface area (Å²) in [4.78, 5) is 14.1. The van der Waals surface area contributed by atoms with Gasteiger partial charge in [0.1, 0.15) is 6.04 Å². The second-order valence-electron chi connectivity index (χ2n) is 4.61. The molecule has 0 radical (unpaired) electrons. The number of amides is 1. The predicted molar refractivity (Wildman–Crippen MR) is 83.7 cm³/mol. The Bertz CT molecular complexity index is 566. The van der Waals surface area contributed by atoms with E-state index in [0.29, 0.717) is 18.8 Å². The summed E-state index contributed by atoms with van der Waals surface area (Å²) in [5.74, 6) is 0.0203. The number of anilines is 1. The summed E-state index contributed by atoms with van der Waals surface area (Å²) in [6.45, 7) is 7.00. The fraction of sp³-hybridized carbons (Fsp3) is 0.500. The maximum atomic E-state index is 12.1. The fourth-order valence-electron chi connectivity index (χ4n) is 1.97. The van der Waals surface area contributed by atoms with Gasteiger partial charge >= 0.3 is 0 Å². The van der Waals surface area contributed by atoms with Crippen LogP contribution in [0.15, 0.2) is 29.2 Å². The molecular weight excluding hydrogens is 290 g/mol. The average molecular weight is 313 g/mol. The van der Waals surface area contributed by atoms with Crippen LogP contribution in [0.1, 0.15) is 20.8 Å². The Balaban J connectivity index is 2.78. The van der Waals surface area contributed by atoms with Crippen molar-refractivity contribution in [3.05, 3.63) is 24.3 Å². The Kier molecular flexibility index (Phi) is 6.17. The van der Waals surface area contributed by atoms with E-state index in [9.17, 15) is 13.2 Å². The van der Waals surface area contributed by atoms with Crippen molar-refractivity contribution < 1.29 is 13.2 Å². The Hall–Kier alpha value is -1.60. The van der Waals surface area contributed by atoms with Crippen LogP contribution in [0, 0.1) is 0 Å². The summed E-state index contributed by atoms with van der Waals surface area (Å²) < 4.78 is 25.5. The molecule has 1 aromatic carbocycles. The molecule has 0 aliphatic rings. The molecule has 0 aliphatic heterocycles. The number of hydrogen-bond acceptors (Lipinski definition) is 4. The molecule has 0 spiro atoms. The third-order valence-electron chi connectivity index (χ3n) is 3.26. The van der Waals surface area contributed by atoms with E-state index in [1.807, 2.05) is 13.8 Å². The van der Waals surface area contributed by atoms with E-state index in [-0.39, 0.29) is 16.8 Å². The minimum Gasteiger partial charge on any atom is -0.374 e. The zero-order chi connectivity index (χ0) is 16.0. The van der Waals surface area contributed by atoms with Crippen LogP contribution in [0.2, 0.25) is 0 Å². The van der Waals surface area contributed by atoms with Crippen molar-refractivity contribution in [1.29, 1.82) is 0 Å². The number of benzene rings is 1. The number of nitrogens with one attached hydrogen (secondary N) is 2. The number of hydrogen-bond donors (Lipinski definition) is 2. The smallest absolute Gasteiger partial charge is 0.244 e. The molecule has 0 fully saturated rings. The standard InChI is InChI=1S/C14H23N3O3S/c1-5-17(6-2)14(18)11(3)16-12-7-9-13(10-8-12)21(19,20)15-4/h7-11,15-16H,5-6H2,1-4H3. The van der Waals surface area contributed by atoms with Crippen molar-refractivity contribution >= 4 is 21.6 Å². The first kappa shape index (κ1) is 17.5. The van der Waals surface area contributed by atoms with Crippen LogP contribution >= 0.6 is 0 Å². The van der Waals surface area contributed by atoms with Gasteiger partial charge in [-0.15, -0.1) is 0 Å². The molecule has 1 aromatic rings. The van der Waals surface area contributed by atoms with Gasteiger partial charge in [0.05, 0.1) is 4.90 Å². The Morgan fingerprint density at radius 2 is 1.71 bits per heavy atom. The lowest BCUT2D eigenvalue weighted by Crippen LogP contribution is -2.41. The first-order valence-corrected chi connectivity index (χ1v) is 8.43. The number of nitrogens with zero attached hydrogens (tertiary/aromatic N) is 1. The van der Waals surface area contributed by atoms with Gasteiger partial charge in [-0.3, -0.25) is 4.79 Å². The van der Waals surface area contributed by atoms with E-state index in [4.69, 9.17) is 0 Å². The number of likely N-dealkylation sites (N-methyl/N-ethyl adjacent to an activating group) is 1. The van der Waals surface area contributed by atoms with Crippen molar-refractivity contribution in [2.24, 2.45) is 0 Å². The highest BCUT2D eigenvalue weighted by Crippen LogP contribution is 2.15. The highest BCUT2D eigenvalue weighted by molar-refractivity contribution is 7.89. The summed E-state index contributed by atoms with van der Waals surface area (Å²) in [6.07, 6.45) is 0. The van der Waals surface area contributed by atoms with Gasteiger partial charge in [0.15, 0.2) is 0 Å². The van der Waals surface area contributed by atoms with Gasteiger partial charge in [-0.05, 0) is 52.1 Å². The van der Waals surface area contributed by atoms with Gasteiger partial charge in [-0.2, -0.15) is 0 Å². The van der Waals surface area contributed by atoms with E-state index in [0.717, 1.165) is 0 Å². The summed E-state index contributed by atoms with van der Waals surface area (Å²) >= 11 is 0. The molecule has 0 saturated heterocycles. The van der Waals surface area contributed by atoms with Gasteiger partial charge in [0.2, 0.25) is 15.9 Å².